The van der Waals surface area contributed by atoms with Crippen LogP contribution in [0.3, 0.4) is 0 Å². The van der Waals surface area contributed by atoms with Crippen molar-refractivity contribution >= 4 is 33.4 Å². The minimum Gasteiger partial charge on any atom is -0.469 e. The first-order valence-corrected chi connectivity index (χ1v) is 9.97. The molecule has 9 heteroatoms. The van der Waals surface area contributed by atoms with E-state index in [-0.39, 0.29) is 23.4 Å². The van der Waals surface area contributed by atoms with Crippen LogP contribution in [0.2, 0.25) is 0 Å². The molecule has 1 aromatic carbocycles. The molecule has 3 rings (SSSR count). The molecule has 1 amide bonds. The quantitative estimate of drug-likeness (QED) is 0.794. The average molecular weight is 379 g/mol. The van der Waals surface area contributed by atoms with E-state index in [9.17, 15) is 18.0 Å². The third-order valence-corrected chi connectivity index (χ3v) is 5.79. The minimum absolute atomic E-state index is 0.0452. The zero-order valence-electron chi connectivity index (χ0n) is 14.5. The highest BCUT2D eigenvalue weighted by atomic mass is 32.2. The summed E-state index contributed by atoms with van der Waals surface area (Å²) in [7, 11) is -2.56. The number of benzene rings is 1. The number of carbonyl (C=O) groups excluding carboxylic acids is 2. The van der Waals surface area contributed by atoms with Crippen molar-refractivity contribution in [3.63, 3.8) is 0 Å². The molecule has 0 aliphatic carbocycles. The van der Waals surface area contributed by atoms with Crippen molar-refractivity contribution in [1.82, 2.24) is 5.32 Å². The fraction of sp³-hybridized carbons (Fsp3) is 0.471. The number of ether oxygens (including phenoxy) is 1. The lowest BCUT2D eigenvalue weighted by Crippen LogP contribution is -2.35. The summed E-state index contributed by atoms with van der Waals surface area (Å²) in [5.41, 5.74) is 0.786. The maximum atomic E-state index is 12.6. The Morgan fingerprint density at radius 2 is 2.08 bits per heavy atom. The monoisotopic (exact) mass is 379 g/mol. The predicted molar refractivity (Wildman–Crippen MR) is 95.8 cm³/mol. The standard InChI is InChI=1S/C17H21N3O5S/c1-25-16(21)8-9-18-17(22)12-6-7-13-14(11-12)26(23,24)19-15-5-3-2-4-10-20(13)15/h6-7,11H,2-5,8-10H2,1H3,(H,18,22). The SMILES string of the molecule is COC(=O)CCNC(=O)c1ccc2c(c1)S(=O)(=O)N=C1CCCCCN12. The first-order valence-electron chi connectivity index (χ1n) is 8.53. The Balaban J connectivity index is 1.85. The molecule has 0 spiro atoms. The van der Waals surface area contributed by atoms with Crippen molar-refractivity contribution in [3.8, 4) is 0 Å². The highest BCUT2D eigenvalue weighted by Crippen LogP contribution is 2.34. The number of amidine groups is 1. The van der Waals surface area contributed by atoms with Gasteiger partial charge in [-0.15, -0.1) is 4.40 Å². The molecule has 0 radical (unpaired) electrons. The van der Waals surface area contributed by atoms with Crippen LogP contribution in [0.15, 0.2) is 27.5 Å². The zero-order chi connectivity index (χ0) is 18.7. The van der Waals surface area contributed by atoms with Crippen LogP contribution in [-0.2, 0) is 19.6 Å². The molecule has 0 saturated carbocycles. The molecule has 2 aliphatic rings. The van der Waals surface area contributed by atoms with Crippen molar-refractivity contribution in [2.75, 3.05) is 25.1 Å². The van der Waals surface area contributed by atoms with Crippen LogP contribution >= 0.6 is 0 Å². The number of methoxy groups -OCH3 is 1. The van der Waals surface area contributed by atoms with Gasteiger partial charge in [-0.1, -0.05) is 6.42 Å². The van der Waals surface area contributed by atoms with Gasteiger partial charge in [0, 0.05) is 25.1 Å². The molecule has 1 N–H and O–H groups in total. The third kappa shape index (κ3) is 3.72. The number of esters is 1. The molecule has 1 fully saturated rings. The van der Waals surface area contributed by atoms with Crippen LogP contribution in [0.25, 0.3) is 0 Å². The molecule has 26 heavy (non-hydrogen) atoms. The molecule has 0 unspecified atom stereocenters. The van der Waals surface area contributed by atoms with Crippen LogP contribution in [0.4, 0.5) is 5.69 Å². The topological polar surface area (TPSA) is 105 Å². The van der Waals surface area contributed by atoms with E-state index in [0.29, 0.717) is 24.5 Å². The smallest absolute Gasteiger partial charge is 0.307 e. The lowest BCUT2D eigenvalue weighted by Gasteiger charge is -2.29. The Hall–Kier alpha value is -2.42. The summed E-state index contributed by atoms with van der Waals surface area (Å²) in [5, 5.41) is 2.58. The van der Waals surface area contributed by atoms with Crippen molar-refractivity contribution in [3.05, 3.63) is 23.8 Å². The zero-order valence-corrected chi connectivity index (χ0v) is 15.3. The summed E-state index contributed by atoms with van der Waals surface area (Å²) in [5.74, 6) is -0.302. The van der Waals surface area contributed by atoms with Gasteiger partial charge in [0.1, 0.15) is 10.7 Å². The molecular formula is C17H21N3O5S. The van der Waals surface area contributed by atoms with Gasteiger partial charge < -0.3 is 15.0 Å². The number of sulfonamides is 1. The maximum Gasteiger partial charge on any atom is 0.307 e. The lowest BCUT2D eigenvalue weighted by molar-refractivity contribution is -0.140. The van der Waals surface area contributed by atoms with Crippen molar-refractivity contribution in [2.45, 2.75) is 37.0 Å². The molecular weight excluding hydrogens is 358 g/mol. The molecule has 8 nitrogen and oxygen atoms in total. The molecule has 140 valence electrons. The number of nitrogens with zero attached hydrogens (tertiary/aromatic N) is 2. The van der Waals surface area contributed by atoms with E-state index in [1.807, 2.05) is 4.90 Å². The van der Waals surface area contributed by atoms with E-state index >= 15 is 0 Å². The van der Waals surface area contributed by atoms with Crippen molar-refractivity contribution in [1.29, 1.82) is 0 Å². The van der Waals surface area contributed by atoms with Gasteiger partial charge in [-0.25, -0.2) is 0 Å². The first-order chi connectivity index (χ1) is 12.4. The van der Waals surface area contributed by atoms with Gasteiger partial charge in [0.25, 0.3) is 15.9 Å². The van der Waals surface area contributed by atoms with E-state index < -0.39 is 21.9 Å². The van der Waals surface area contributed by atoms with Crippen LogP contribution in [0, 0.1) is 0 Å². The van der Waals surface area contributed by atoms with Crippen LogP contribution in [0.1, 0.15) is 42.5 Å². The van der Waals surface area contributed by atoms with Crippen molar-refractivity contribution < 1.29 is 22.7 Å². The van der Waals surface area contributed by atoms with E-state index in [1.165, 1.54) is 13.2 Å². The Kier molecular flexibility index (Phi) is 5.26. The van der Waals surface area contributed by atoms with Gasteiger partial charge >= 0.3 is 5.97 Å². The van der Waals surface area contributed by atoms with Crippen LogP contribution in [-0.4, -0.2) is 46.3 Å². The van der Waals surface area contributed by atoms with Gasteiger partial charge in [-0.3, -0.25) is 9.59 Å². The number of carbonyl (C=O) groups is 2. The fourth-order valence-corrected chi connectivity index (χ4v) is 4.39. The number of fused-ring (bicyclic) bond motifs is 3. The number of hydrogen-bond donors (Lipinski definition) is 1. The Bertz CT molecular complexity index is 863. The second kappa shape index (κ2) is 7.45. The largest absolute Gasteiger partial charge is 0.469 e. The van der Waals surface area contributed by atoms with E-state index in [0.717, 1.165) is 19.3 Å². The normalized spacial score (nSPS) is 18.0. The molecule has 1 aromatic rings. The summed E-state index contributed by atoms with van der Waals surface area (Å²) < 4.78 is 33.6. The highest BCUT2D eigenvalue weighted by Gasteiger charge is 2.32. The number of rotatable bonds is 4. The van der Waals surface area contributed by atoms with E-state index in [4.69, 9.17) is 0 Å². The highest BCUT2D eigenvalue weighted by molar-refractivity contribution is 7.90. The van der Waals surface area contributed by atoms with Gasteiger partial charge in [0.05, 0.1) is 19.2 Å². The van der Waals surface area contributed by atoms with Gasteiger partial charge in [-0.2, -0.15) is 8.42 Å². The maximum absolute atomic E-state index is 12.6. The molecule has 0 atom stereocenters. The van der Waals surface area contributed by atoms with E-state index in [2.05, 4.69) is 14.5 Å². The second-order valence-electron chi connectivity index (χ2n) is 6.21. The van der Waals surface area contributed by atoms with Gasteiger partial charge in [0.2, 0.25) is 0 Å². The predicted octanol–water partition coefficient (Wildman–Crippen LogP) is 1.46. The number of hydrogen-bond acceptors (Lipinski definition) is 6. The molecule has 1 saturated heterocycles. The average Bonchev–Trinajstić information content (AvgIpc) is 2.86. The minimum atomic E-state index is -3.83. The summed E-state index contributed by atoms with van der Waals surface area (Å²) in [6.07, 6.45) is 3.60. The summed E-state index contributed by atoms with van der Waals surface area (Å²) in [6.45, 7) is 0.829. The van der Waals surface area contributed by atoms with Crippen molar-refractivity contribution in [2.24, 2.45) is 4.40 Å². The molecule has 2 heterocycles. The fourth-order valence-electron chi connectivity index (χ4n) is 3.10. The number of nitrogens with one attached hydrogen (secondary N) is 1. The van der Waals surface area contributed by atoms with Gasteiger partial charge in [-0.05, 0) is 31.0 Å². The molecule has 0 bridgehead atoms. The Labute approximate surface area is 152 Å². The Morgan fingerprint density at radius 3 is 2.85 bits per heavy atom. The van der Waals surface area contributed by atoms with Crippen LogP contribution in [0.5, 0.6) is 0 Å². The summed E-state index contributed by atoms with van der Waals surface area (Å²) in [6, 6.07) is 4.60. The third-order valence-electron chi connectivity index (χ3n) is 4.45. The first kappa shape index (κ1) is 18.4. The van der Waals surface area contributed by atoms with Gasteiger partial charge in [0.15, 0.2) is 0 Å². The molecule has 0 aromatic heterocycles. The lowest BCUT2D eigenvalue weighted by atomic mass is 10.1. The molecule has 2 aliphatic heterocycles. The Morgan fingerprint density at radius 1 is 1.27 bits per heavy atom. The second-order valence-corrected chi connectivity index (χ2v) is 7.78. The summed E-state index contributed by atoms with van der Waals surface area (Å²) in [4.78, 5) is 25.3. The van der Waals surface area contributed by atoms with Crippen LogP contribution < -0.4 is 10.2 Å². The van der Waals surface area contributed by atoms with E-state index in [1.54, 1.807) is 12.1 Å². The summed E-state index contributed by atoms with van der Waals surface area (Å²) >= 11 is 0. The number of amides is 1. The number of anilines is 1.